The molecule has 2 nitrogen and oxygen atoms in total. The minimum atomic E-state index is 0.145. The topological polar surface area (TPSA) is 26.3 Å². The zero-order chi connectivity index (χ0) is 12.0. The van der Waals surface area contributed by atoms with E-state index in [9.17, 15) is 4.79 Å². The summed E-state index contributed by atoms with van der Waals surface area (Å²) in [7, 11) is 1.66. The maximum atomic E-state index is 10.7. The van der Waals surface area contributed by atoms with Crippen molar-refractivity contribution in [3.05, 3.63) is 35.4 Å². The summed E-state index contributed by atoms with van der Waals surface area (Å²) in [5.41, 5.74) is 2.26. The number of aryl methyl sites for hydroxylation is 1. The van der Waals surface area contributed by atoms with Crippen molar-refractivity contribution in [3.63, 3.8) is 0 Å². The van der Waals surface area contributed by atoms with Gasteiger partial charge in [-0.05, 0) is 30.2 Å². The van der Waals surface area contributed by atoms with Gasteiger partial charge in [-0.25, -0.2) is 0 Å². The van der Waals surface area contributed by atoms with Crippen LogP contribution in [0.4, 0.5) is 0 Å². The van der Waals surface area contributed by atoms with Crippen LogP contribution in [0.5, 0.6) is 5.75 Å². The molecule has 0 aliphatic rings. The van der Waals surface area contributed by atoms with E-state index < -0.39 is 0 Å². The van der Waals surface area contributed by atoms with Crippen molar-refractivity contribution in [3.8, 4) is 5.75 Å². The summed E-state index contributed by atoms with van der Waals surface area (Å²) in [5, 5.41) is 0.145. The monoisotopic (exact) mass is 236 g/mol. The molecule has 0 bridgehead atoms. The fraction of sp³-hybridized carbons (Fsp3) is 0.308. The Morgan fingerprint density at radius 3 is 2.81 bits per heavy atom. The zero-order valence-corrected chi connectivity index (χ0v) is 10.6. The van der Waals surface area contributed by atoms with E-state index in [1.54, 1.807) is 14.0 Å². The Morgan fingerprint density at radius 1 is 1.44 bits per heavy atom. The first-order valence-electron chi connectivity index (χ1n) is 5.07. The van der Waals surface area contributed by atoms with E-state index in [4.69, 9.17) is 4.74 Å². The highest BCUT2D eigenvalue weighted by Crippen LogP contribution is 2.17. The van der Waals surface area contributed by atoms with E-state index in [0.29, 0.717) is 5.75 Å². The second-order valence-electron chi connectivity index (χ2n) is 3.49. The maximum absolute atomic E-state index is 10.7. The molecular formula is C13H16O2S. The summed E-state index contributed by atoms with van der Waals surface area (Å²) in [5.74, 6) is 1.57. The minimum absolute atomic E-state index is 0.145. The highest BCUT2D eigenvalue weighted by molar-refractivity contribution is 8.13. The third kappa shape index (κ3) is 4.53. The zero-order valence-electron chi connectivity index (χ0n) is 9.82. The summed E-state index contributed by atoms with van der Waals surface area (Å²) >= 11 is 1.31. The molecule has 0 heterocycles. The molecule has 0 saturated heterocycles. The molecule has 0 N–H and O–H groups in total. The number of methoxy groups -OCH3 is 1. The van der Waals surface area contributed by atoms with Gasteiger partial charge in [-0.1, -0.05) is 30.0 Å². The molecule has 0 unspecified atom stereocenters. The van der Waals surface area contributed by atoms with Crippen LogP contribution >= 0.6 is 11.8 Å². The summed E-state index contributed by atoms with van der Waals surface area (Å²) < 4.78 is 5.19. The summed E-state index contributed by atoms with van der Waals surface area (Å²) in [6, 6.07) is 6.04. The smallest absolute Gasteiger partial charge is 0.186 e. The van der Waals surface area contributed by atoms with Crippen LogP contribution in [0.1, 0.15) is 18.1 Å². The third-order valence-corrected chi connectivity index (χ3v) is 2.77. The Kier molecular flexibility index (Phi) is 5.12. The molecule has 0 spiro atoms. The van der Waals surface area contributed by atoms with Crippen LogP contribution < -0.4 is 4.74 Å². The molecule has 3 heteroatoms. The van der Waals surface area contributed by atoms with Gasteiger partial charge in [0.05, 0.1) is 7.11 Å². The lowest BCUT2D eigenvalue weighted by atomic mass is 10.1. The van der Waals surface area contributed by atoms with Crippen molar-refractivity contribution in [2.24, 2.45) is 0 Å². The standard InChI is InChI=1S/C13H16O2S/c1-10-7-12(9-13(8-10)15-3)5-4-6-16-11(2)14/h4-5,7-9H,6H2,1-3H3. The Balaban J connectivity index is 2.65. The van der Waals surface area contributed by atoms with Crippen LogP contribution in [0.3, 0.4) is 0 Å². The Morgan fingerprint density at radius 2 is 2.19 bits per heavy atom. The van der Waals surface area contributed by atoms with Crippen LogP contribution in [0.2, 0.25) is 0 Å². The first-order valence-corrected chi connectivity index (χ1v) is 6.06. The molecule has 0 radical (unpaired) electrons. The Labute approximate surface area is 101 Å². The van der Waals surface area contributed by atoms with Gasteiger partial charge in [0.1, 0.15) is 5.75 Å². The first-order chi connectivity index (χ1) is 7.61. The fourth-order valence-corrected chi connectivity index (χ4v) is 1.77. The number of hydrogen-bond acceptors (Lipinski definition) is 3. The Bertz CT molecular complexity index is 397. The van der Waals surface area contributed by atoms with Gasteiger partial charge >= 0.3 is 0 Å². The van der Waals surface area contributed by atoms with Gasteiger partial charge in [-0.15, -0.1) is 0 Å². The van der Waals surface area contributed by atoms with Crippen molar-refractivity contribution in [1.29, 1.82) is 0 Å². The van der Waals surface area contributed by atoms with E-state index in [2.05, 4.69) is 6.07 Å². The molecule has 86 valence electrons. The molecule has 1 aromatic rings. The molecule has 0 saturated carbocycles. The number of carbonyl (C=O) groups excluding carboxylic acids is 1. The number of carbonyl (C=O) groups is 1. The van der Waals surface area contributed by atoms with E-state index >= 15 is 0 Å². The molecule has 0 aliphatic heterocycles. The van der Waals surface area contributed by atoms with Crippen molar-refractivity contribution < 1.29 is 9.53 Å². The van der Waals surface area contributed by atoms with E-state index in [1.165, 1.54) is 17.3 Å². The third-order valence-electron chi connectivity index (χ3n) is 2.00. The Hall–Kier alpha value is -1.22. The first kappa shape index (κ1) is 12.8. The normalized spacial score (nSPS) is 10.7. The van der Waals surface area contributed by atoms with Crippen LogP contribution in [-0.4, -0.2) is 18.0 Å². The SMILES string of the molecule is COc1cc(C)cc(C=CCSC(C)=O)c1. The number of rotatable bonds is 4. The highest BCUT2D eigenvalue weighted by atomic mass is 32.2. The molecular weight excluding hydrogens is 220 g/mol. The number of ether oxygens (including phenoxy) is 1. The van der Waals surface area contributed by atoms with Crippen LogP contribution in [-0.2, 0) is 4.79 Å². The maximum Gasteiger partial charge on any atom is 0.186 e. The number of thioether (sulfide) groups is 1. The lowest BCUT2D eigenvalue weighted by molar-refractivity contribution is -0.109. The molecule has 0 fully saturated rings. The number of hydrogen-bond donors (Lipinski definition) is 0. The molecule has 0 amide bonds. The fourth-order valence-electron chi connectivity index (χ4n) is 1.34. The summed E-state index contributed by atoms with van der Waals surface area (Å²) in [6.45, 7) is 3.61. The predicted octanol–water partition coefficient (Wildman–Crippen LogP) is 3.30. The molecule has 1 rings (SSSR count). The molecule has 0 aliphatic carbocycles. The van der Waals surface area contributed by atoms with Gasteiger partial charge in [0.2, 0.25) is 0 Å². The quantitative estimate of drug-likeness (QED) is 0.802. The molecule has 0 atom stereocenters. The average molecular weight is 236 g/mol. The second kappa shape index (κ2) is 6.38. The van der Waals surface area contributed by atoms with Gasteiger partial charge < -0.3 is 4.74 Å². The van der Waals surface area contributed by atoms with E-state index in [0.717, 1.165) is 11.3 Å². The number of benzene rings is 1. The van der Waals surface area contributed by atoms with Crippen LogP contribution in [0.15, 0.2) is 24.3 Å². The highest BCUT2D eigenvalue weighted by Gasteiger charge is 1.95. The molecule has 16 heavy (non-hydrogen) atoms. The average Bonchev–Trinajstić information content (AvgIpc) is 2.23. The van der Waals surface area contributed by atoms with E-state index in [1.807, 2.05) is 31.2 Å². The molecule has 0 aromatic heterocycles. The lowest BCUT2D eigenvalue weighted by Gasteiger charge is -2.03. The van der Waals surface area contributed by atoms with Crippen molar-refractivity contribution in [2.75, 3.05) is 12.9 Å². The lowest BCUT2D eigenvalue weighted by Crippen LogP contribution is -1.86. The minimum Gasteiger partial charge on any atom is -0.497 e. The van der Waals surface area contributed by atoms with Crippen molar-refractivity contribution in [1.82, 2.24) is 0 Å². The summed E-state index contributed by atoms with van der Waals surface area (Å²) in [6.07, 6.45) is 3.99. The van der Waals surface area contributed by atoms with Gasteiger partial charge in [-0.3, -0.25) is 4.79 Å². The van der Waals surface area contributed by atoms with Crippen LogP contribution in [0.25, 0.3) is 6.08 Å². The van der Waals surface area contributed by atoms with Crippen LogP contribution in [0, 0.1) is 6.92 Å². The largest absolute Gasteiger partial charge is 0.497 e. The predicted molar refractivity (Wildman–Crippen MR) is 69.9 cm³/mol. The van der Waals surface area contributed by atoms with E-state index in [-0.39, 0.29) is 5.12 Å². The van der Waals surface area contributed by atoms with Gasteiger partial charge in [0.15, 0.2) is 5.12 Å². The molecule has 1 aromatic carbocycles. The van der Waals surface area contributed by atoms with Gasteiger partial charge in [0.25, 0.3) is 0 Å². The van der Waals surface area contributed by atoms with Crippen molar-refractivity contribution >= 4 is 23.0 Å². The second-order valence-corrected chi connectivity index (χ2v) is 4.69. The van der Waals surface area contributed by atoms with Gasteiger partial charge in [0, 0.05) is 12.7 Å². The summed E-state index contributed by atoms with van der Waals surface area (Å²) in [4.78, 5) is 10.7. The van der Waals surface area contributed by atoms with Crippen molar-refractivity contribution in [2.45, 2.75) is 13.8 Å². The van der Waals surface area contributed by atoms with Gasteiger partial charge in [-0.2, -0.15) is 0 Å².